The smallest absolute Gasteiger partial charge is 0.165 e. The summed E-state index contributed by atoms with van der Waals surface area (Å²) in [5.74, 6) is 0.0935. The summed E-state index contributed by atoms with van der Waals surface area (Å²) in [6.45, 7) is 0. The van der Waals surface area contributed by atoms with Crippen LogP contribution in [0.2, 0.25) is 0 Å². The van der Waals surface area contributed by atoms with Crippen LogP contribution in [0, 0.1) is 5.82 Å². The number of methoxy groups -OCH3 is 1. The van der Waals surface area contributed by atoms with Gasteiger partial charge in [-0.15, -0.1) is 0 Å². The van der Waals surface area contributed by atoms with E-state index in [-0.39, 0.29) is 17.3 Å². The fourth-order valence-corrected chi connectivity index (χ4v) is 2.26. The van der Waals surface area contributed by atoms with Gasteiger partial charge in [-0.3, -0.25) is 0 Å². The first kappa shape index (κ1) is 12.5. The highest BCUT2D eigenvalue weighted by Crippen LogP contribution is 2.29. The lowest BCUT2D eigenvalue weighted by Gasteiger charge is -2.07. The molecule has 0 aliphatic rings. The van der Waals surface area contributed by atoms with Gasteiger partial charge in [0.1, 0.15) is 5.75 Å². The first-order valence-electron chi connectivity index (χ1n) is 6.24. The molecule has 0 amide bonds. The van der Waals surface area contributed by atoms with Crippen molar-refractivity contribution in [1.82, 2.24) is 0 Å². The van der Waals surface area contributed by atoms with Crippen LogP contribution in [0.3, 0.4) is 0 Å². The largest absolute Gasteiger partial charge is 0.508 e. The van der Waals surface area contributed by atoms with E-state index in [0.29, 0.717) is 0 Å². The lowest BCUT2D eigenvalue weighted by Crippen LogP contribution is -1.88. The highest BCUT2D eigenvalue weighted by atomic mass is 19.1. The Labute approximate surface area is 116 Å². The molecule has 3 aromatic rings. The van der Waals surface area contributed by atoms with E-state index in [1.165, 1.54) is 13.2 Å². The molecule has 0 spiro atoms. The molecule has 2 nitrogen and oxygen atoms in total. The molecule has 1 N–H and O–H groups in total. The van der Waals surface area contributed by atoms with Gasteiger partial charge >= 0.3 is 0 Å². The van der Waals surface area contributed by atoms with Crippen molar-refractivity contribution in [2.75, 3.05) is 7.11 Å². The molecule has 0 radical (unpaired) electrons. The molecule has 3 heteroatoms. The molecule has 0 atom stereocenters. The standard InChI is InChI=1S/C17H13FO2/c1-20-17-7-5-14(10-16(17)18)11-2-3-13-9-15(19)6-4-12(13)8-11/h2-10,19H,1H3. The molecule has 0 aromatic heterocycles. The van der Waals surface area contributed by atoms with Crippen LogP contribution in [0.5, 0.6) is 11.5 Å². The summed E-state index contributed by atoms with van der Waals surface area (Å²) < 4.78 is 18.7. The average molecular weight is 268 g/mol. The maximum absolute atomic E-state index is 13.7. The van der Waals surface area contributed by atoms with Crippen LogP contribution in [0.15, 0.2) is 54.6 Å². The third kappa shape index (κ3) is 2.18. The van der Waals surface area contributed by atoms with Crippen molar-refractivity contribution in [3.05, 3.63) is 60.4 Å². The quantitative estimate of drug-likeness (QED) is 0.748. The van der Waals surface area contributed by atoms with Crippen molar-refractivity contribution < 1.29 is 14.2 Å². The normalized spacial score (nSPS) is 10.7. The number of hydrogen-bond acceptors (Lipinski definition) is 2. The molecular weight excluding hydrogens is 255 g/mol. The Kier molecular flexibility index (Phi) is 3.03. The second kappa shape index (κ2) is 4.85. The second-order valence-electron chi connectivity index (χ2n) is 4.60. The predicted octanol–water partition coefficient (Wildman–Crippen LogP) is 4.36. The summed E-state index contributed by atoms with van der Waals surface area (Å²) in [5.41, 5.74) is 1.71. The highest BCUT2D eigenvalue weighted by Gasteiger charge is 2.06. The number of phenols is 1. The third-order valence-electron chi connectivity index (χ3n) is 3.31. The first-order chi connectivity index (χ1) is 9.67. The van der Waals surface area contributed by atoms with Crippen molar-refractivity contribution in [2.45, 2.75) is 0 Å². The Balaban J connectivity index is 2.10. The number of phenolic OH excluding ortho intramolecular Hbond substituents is 1. The Morgan fingerprint density at radius 3 is 2.25 bits per heavy atom. The number of hydrogen-bond donors (Lipinski definition) is 1. The minimum absolute atomic E-state index is 0.236. The van der Waals surface area contributed by atoms with Gasteiger partial charge in [-0.05, 0) is 52.2 Å². The molecule has 0 saturated carbocycles. The monoisotopic (exact) mass is 268 g/mol. The molecule has 20 heavy (non-hydrogen) atoms. The van der Waals surface area contributed by atoms with Crippen LogP contribution in [-0.2, 0) is 0 Å². The first-order valence-corrected chi connectivity index (χ1v) is 6.24. The van der Waals surface area contributed by atoms with Crippen LogP contribution in [0.1, 0.15) is 0 Å². The minimum atomic E-state index is -0.379. The molecule has 100 valence electrons. The molecule has 0 aliphatic heterocycles. The molecular formula is C17H13FO2. The number of fused-ring (bicyclic) bond motifs is 1. The lowest BCUT2D eigenvalue weighted by atomic mass is 10.0. The predicted molar refractivity (Wildman–Crippen MR) is 77.6 cm³/mol. The van der Waals surface area contributed by atoms with Crippen LogP contribution in [0.25, 0.3) is 21.9 Å². The van der Waals surface area contributed by atoms with E-state index in [2.05, 4.69) is 0 Å². The SMILES string of the molecule is COc1ccc(-c2ccc3cc(O)ccc3c2)cc1F. The fourth-order valence-electron chi connectivity index (χ4n) is 2.26. The van der Waals surface area contributed by atoms with Gasteiger partial charge in [0, 0.05) is 0 Å². The van der Waals surface area contributed by atoms with Gasteiger partial charge < -0.3 is 9.84 Å². The molecule has 0 saturated heterocycles. The summed E-state index contributed by atoms with van der Waals surface area (Å²) in [5, 5.41) is 11.4. The van der Waals surface area contributed by atoms with Crippen molar-refractivity contribution in [3.8, 4) is 22.6 Å². The molecule has 0 fully saturated rings. The maximum Gasteiger partial charge on any atom is 0.165 e. The maximum atomic E-state index is 13.7. The Bertz CT molecular complexity index is 781. The molecule has 0 aliphatic carbocycles. The summed E-state index contributed by atoms with van der Waals surface area (Å²) in [6.07, 6.45) is 0. The topological polar surface area (TPSA) is 29.5 Å². The molecule has 0 unspecified atom stereocenters. The van der Waals surface area contributed by atoms with Crippen LogP contribution in [-0.4, -0.2) is 12.2 Å². The zero-order valence-electron chi connectivity index (χ0n) is 10.9. The average Bonchev–Trinajstić information content (AvgIpc) is 2.46. The third-order valence-corrected chi connectivity index (χ3v) is 3.31. The van der Waals surface area contributed by atoms with E-state index in [1.54, 1.807) is 18.2 Å². The van der Waals surface area contributed by atoms with Crippen molar-refractivity contribution in [1.29, 1.82) is 0 Å². The van der Waals surface area contributed by atoms with Crippen molar-refractivity contribution in [2.24, 2.45) is 0 Å². The Hall–Kier alpha value is -2.55. The summed E-state index contributed by atoms with van der Waals surface area (Å²) in [7, 11) is 1.45. The number of rotatable bonds is 2. The number of benzene rings is 3. The summed E-state index contributed by atoms with van der Waals surface area (Å²) >= 11 is 0. The van der Waals surface area contributed by atoms with Gasteiger partial charge in [0.05, 0.1) is 7.11 Å². The van der Waals surface area contributed by atoms with E-state index in [0.717, 1.165) is 21.9 Å². The second-order valence-corrected chi connectivity index (χ2v) is 4.60. The van der Waals surface area contributed by atoms with E-state index in [1.807, 2.05) is 30.3 Å². The van der Waals surface area contributed by atoms with Gasteiger partial charge in [0.2, 0.25) is 0 Å². The number of ether oxygens (including phenoxy) is 1. The van der Waals surface area contributed by atoms with Gasteiger partial charge in [-0.25, -0.2) is 4.39 Å². The zero-order chi connectivity index (χ0) is 14.1. The van der Waals surface area contributed by atoms with Gasteiger partial charge in [-0.2, -0.15) is 0 Å². The number of halogens is 1. The van der Waals surface area contributed by atoms with Crippen LogP contribution < -0.4 is 4.74 Å². The Morgan fingerprint density at radius 1 is 0.850 bits per heavy atom. The van der Waals surface area contributed by atoms with Gasteiger partial charge in [0.15, 0.2) is 11.6 Å². The van der Waals surface area contributed by atoms with Crippen molar-refractivity contribution in [3.63, 3.8) is 0 Å². The van der Waals surface area contributed by atoms with Gasteiger partial charge in [0.25, 0.3) is 0 Å². The van der Waals surface area contributed by atoms with E-state index < -0.39 is 0 Å². The summed E-state index contributed by atoms with van der Waals surface area (Å²) in [4.78, 5) is 0. The van der Waals surface area contributed by atoms with Crippen molar-refractivity contribution >= 4 is 10.8 Å². The number of aromatic hydroxyl groups is 1. The molecule has 0 heterocycles. The van der Waals surface area contributed by atoms with E-state index in [4.69, 9.17) is 4.74 Å². The van der Waals surface area contributed by atoms with Gasteiger partial charge in [-0.1, -0.05) is 24.3 Å². The Morgan fingerprint density at radius 2 is 1.50 bits per heavy atom. The lowest BCUT2D eigenvalue weighted by molar-refractivity contribution is 0.386. The fraction of sp³-hybridized carbons (Fsp3) is 0.0588. The zero-order valence-corrected chi connectivity index (χ0v) is 10.9. The highest BCUT2D eigenvalue weighted by molar-refractivity contribution is 5.88. The molecule has 3 rings (SSSR count). The molecule has 3 aromatic carbocycles. The van der Waals surface area contributed by atoms with E-state index in [9.17, 15) is 9.50 Å². The van der Waals surface area contributed by atoms with Crippen LogP contribution in [0.4, 0.5) is 4.39 Å². The molecule has 0 bridgehead atoms. The summed E-state index contributed by atoms with van der Waals surface area (Å²) in [6, 6.07) is 15.9. The van der Waals surface area contributed by atoms with E-state index >= 15 is 0 Å². The van der Waals surface area contributed by atoms with Crippen LogP contribution >= 0.6 is 0 Å². The minimum Gasteiger partial charge on any atom is -0.508 e.